The summed E-state index contributed by atoms with van der Waals surface area (Å²) in [5.74, 6) is 2.67. The highest BCUT2D eigenvalue weighted by Crippen LogP contribution is 2.15. The van der Waals surface area contributed by atoms with Crippen molar-refractivity contribution in [3.63, 3.8) is 0 Å². The Kier molecular flexibility index (Phi) is 12.5. The van der Waals surface area contributed by atoms with Crippen LogP contribution in [0.4, 0.5) is 5.82 Å². The van der Waals surface area contributed by atoms with E-state index in [0.717, 1.165) is 51.0 Å². The van der Waals surface area contributed by atoms with Crippen molar-refractivity contribution >= 4 is 35.8 Å². The summed E-state index contributed by atoms with van der Waals surface area (Å²) in [6.07, 6.45) is 6.98. The number of aromatic nitrogens is 1. The second-order valence-corrected chi connectivity index (χ2v) is 7.54. The molecule has 28 heavy (non-hydrogen) atoms. The largest absolute Gasteiger partial charge is 0.356 e. The average molecular weight is 502 g/mol. The number of aliphatic imine (C=N–C) groups is 1. The zero-order chi connectivity index (χ0) is 19.5. The van der Waals surface area contributed by atoms with Crippen LogP contribution >= 0.6 is 24.0 Å². The number of nitrogens with zero attached hydrogens (tertiary/aromatic N) is 4. The maximum absolute atomic E-state index is 4.57. The minimum atomic E-state index is 0. The molecule has 0 aromatic carbocycles. The highest BCUT2D eigenvalue weighted by atomic mass is 127. The summed E-state index contributed by atoms with van der Waals surface area (Å²) < 4.78 is 0. The Morgan fingerprint density at radius 1 is 1.21 bits per heavy atom. The second kappa shape index (κ2) is 14.0. The Hall–Kier alpha value is -1.09. The minimum absolute atomic E-state index is 0. The number of likely N-dealkylation sites (N-methyl/N-ethyl adjacent to an activating group) is 1. The highest BCUT2D eigenvalue weighted by Gasteiger charge is 2.15. The number of nitrogens with one attached hydrogen (secondary N) is 2. The zero-order valence-corrected chi connectivity index (χ0v) is 20.4. The van der Waals surface area contributed by atoms with E-state index in [0.29, 0.717) is 5.92 Å². The van der Waals surface area contributed by atoms with Gasteiger partial charge >= 0.3 is 0 Å². The number of rotatable bonds is 9. The van der Waals surface area contributed by atoms with Crippen LogP contribution in [-0.2, 0) is 6.54 Å². The average Bonchev–Trinajstić information content (AvgIpc) is 2.71. The molecule has 0 amide bonds. The van der Waals surface area contributed by atoms with Crippen LogP contribution in [0.3, 0.4) is 0 Å². The molecule has 1 aliphatic rings. The molecule has 1 aromatic rings. The number of hydrogen-bond donors (Lipinski definition) is 2. The van der Waals surface area contributed by atoms with Gasteiger partial charge in [0.2, 0.25) is 0 Å². The molecule has 7 heteroatoms. The van der Waals surface area contributed by atoms with Crippen molar-refractivity contribution in [3.8, 4) is 0 Å². The molecule has 1 fully saturated rings. The number of hydrogen-bond acceptors (Lipinski definition) is 4. The molecule has 2 heterocycles. The van der Waals surface area contributed by atoms with Gasteiger partial charge in [0.15, 0.2) is 5.96 Å². The van der Waals surface area contributed by atoms with Gasteiger partial charge in [0.25, 0.3) is 0 Å². The van der Waals surface area contributed by atoms with Gasteiger partial charge in [0, 0.05) is 52.5 Å². The Morgan fingerprint density at radius 2 is 1.96 bits per heavy atom. The lowest BCUT2D eigenvalue weighted by molar-refractivity contribution is 0.312. The molecule has 1 saturated heterocycles. The lowest BCUT2D eigenvalue weighted by atomic mass is 9.99. The molecule has 2 N–H and O–H groups in total. The summed E-state index contributed by atoms with van der Waals surface area (Å²) in [4.78, 5) is 13.7. The molecule has 1 atom stereocenters. The first-order chi connectivity index (χ1) is 13.2. The van der Waals surface area contributed by atoms with E-state index in [1.165, 1.54) is 31.2 Å². The minimum Gasteiger partial charge on any atom is -0.356 e. The van der Waals surface area contributed by atoms with E-state index in [9.17, 15) is 0 Å². The molecular formula is C21H39IN6. The SMILES string of the molecule is CCCCC(CC)CNC(=NC)NCc1ccnc(N2CCN(C)CC2)c1.I. The normalized spacial score (nSPS) is 16.4. The first-order valence-corrected chi connectivity index (χ1v) is 10.5. The lowest BCUT2D eigenvalue weighted by Gasteiger charge is -2.33. The van der Waals surface area contributed by atoms with E-state index in [1.54, 1.807) is 0 Å². The van der Waals surface area contributed by atoms with Crippen molar-refractivity contribution in [1.29, 1.82) is 0 Å². The third kappa shape index (κ3) is 8.51. The number of pyridine rings is 1. The van der Waals surface area contributed by atoms with Gasteiger partial charge in [-0.3, -0.25) is 4.99 Å². The highest BCUT2D eigenvalue weighted by molar-refractivity contribution is 14.0. The van der Waals surface area contributed by atoms with Crippen LogP contribution in [0.25, 0.3) is 0 Å². The first kappa shape index (κ1) is 24.9. The summed E-state index contributed by atoms with van der Waals surface area (Å²) in [5, 5.41) is 6.93. The van der Waals surface area contributed by atoms with Crippen LogP contribution in [0.5, 0.6) is 0 Å². The van der Waals surface area contributed by atoms with Gasteiger partial charge in [-0.1, -0.05) is 33.1 Å². The molecule has 0 saturated carbocycles. The van der Waals surface area contributed by atoms with Crippen LogP contribution in [-0.4, -0.2) is 62.7 Å². The van der Waals surface area contributed by atoms with Gasteiger partial charge in [-0.2, -0.15) is 0 Å². The molecule has 0 spiro atoms. The fraction of sp³-hybridized carbons (Fsp3) is 0.714. The molecule has 0 aliphatic carbocycles. The third-order valence-corrected chi connectivity index (χ3v) is 5.42. The Bertz CT molecular complexity index is 572. The maximum Gasteiger partial charge on any atom is 0.191 e. The maximum atomic E-state index is 4.57. The van der Waals surface area contributed by atoms with Crippen molar-refractivity contribution < 1.29 is 0 Å². The molecule has 0 bridgehead atoms. The van der Waals surface area contributed by atoms with Gasteiger partial charge in [-0.15, -0.1) is 24.0 Å². The van der Waals surface area contributed by atoms with E-state index >= 15 is 0 Å². The fourth-order valence-corrected chi connectivity index (χ4v) is 3.37. The van der Waals surface area contributed by atoms with Gasteiger partial charge in [-0.25, -0.2) is 4.98 Å². The van der Waals surface area contributed by atoms with E-state index in [2.05, 4.69) is 63.4 Å². The van der Waals surface area contributed by atoms with Crippen molar-refractivity contribution in [2.45, 2.75) is 46.1 Å². The zero-order valence-electron chi connectivity index (χ0n) is 18.1. The number of halogens is 1. The van der Waals surface area contributed by atoms with Crippen LogP contribution in [0.1, 0.15) is 45.1 Å². The van der Waals surface area contributed by atoms with E-state index in [4.69, 9.17) is 0 Å². The topological polar surface area (TPSA) is 55.8 Å². The Balaban J connectivity index is 0.00000392. The monoisotopic (exact) mass is 502 g/mol. The predicted octanol–water partition coefficient (Wildman–Crippen LogP) is 3.33. The van der Waals surface area contributed by atoms with Crippen molar-refractivity contribution in [2.75, 3.05) is 51.7 Å². The van der Waals surface area contributed by atoms with E-state index < -0.39 is 0 Å². The lowest BCUT2D eigenvalue weighted by Crippen LogP contribution is -2.44. The second-order valence-electron chi connectivity index (χ2n) is 7.54. The van der Waals surface area contributed by atoms with Crippen molar-refractivity contribution in [1.82, 2.24) is 20.5 Å². The number of guanidine groups is 1. The van der Waals surface area contributed by atoms with Gasteiger partial charge in [0.05, 0.1) is 0 Å². The van der Waals surface area contributed by atoms with E-state index in [-0.39, 0.29) is 24.0 Å². The quantitative estimate of drug-likeness (QED) is 0.308. The molecule has 1 aliphatic heterocycles. The number of anilines is 1. The smallest absolute Gasteiger partial charge is 0.191 e. The summed E-state index contributed by atoms with van der Waals surface area (Å²) in [7, 11) is 4.01. The molecule has 1 aromatic heterocycles. The van der Waals surface area contributed by atoms with E-state index in [1.807, 2.05) is 13.2 Å². The summed E-state index contributed by atoms with van der Waals surface area (Å²) in [5.41, 5.74) is 1.24. The Morgan fingerprint density at radius 3 is 2.61 bits per heavy atom. The summed E-state index contributed by atoms with van der Waals surface area (Å²) in [6.45, 7) is 10.5. The van der Waals surface area contributed by atoms with Gasteiger partial charge in [-0.05, 0) is 37.1 Å². The number of unbranched alkanes of at least 4 members (excludes halogenated alkanes) is 1. The van der Waals surface area contributed by atoms with Crippen molar-refractivity contribution in [2.24, 2.45) is 10.9 Å². The van der Waals surface area contributed by atoms with Crippen LogP contribution in [0.2, 0.25) is 0 Å². The third-order valence-electron chi connectivity index (χ3n) is 5.42. The fourth-order valence-electron chi connectivity index (χ4n) is 3.37. The first-order valence-electron chi connectivity index (χ1n) is 10.5. The molecule has 0 radical (unpaired) electrons. The predicted molar refractivity (Wildman–Crippen MR) is 131 cm³/mol. The van der Waals surface area contributed by atoms with Gasteiger partial charge < -0.3 is 20.4 Å². The van der Waals surface area contributed by atoms with Crippen LogP contribution < -0.4 is 15.5 Å². The van der Waals surface area contributed by atoms with Crippen LogP contribution in [0, 0.1) is 5.92 Å². The van der Waals surface area contributed by atoms with Crippen molar-refractivity contribution in [3.05, 3.63) is 23.9 Å². The summed E-state index contributed by atoms with van der Waals surface area (Å²) >= 11 is 0. The molecule has 1 unspecified atom stereocenters. The Labute approximate surface area is 188 Å². The number of piperazine rings is 1. The molecule has 2 rings (SSSR count). The summed E-state index contributed by atoms with van der Waals surface area (Å²) in [6, 6.07) is 4.28. The molecular weight excluding hydrogens is 463 g/mol. The van der Waals surface area contributed by atoms with Crippen LogP contribution in [0.15, 0.2) is 23.3 Å². The molecule has 160 valence electrons. The van der Waals surface area contributed by atoms with Gasteiger partial charge in [0.1, 0.15) is 5.82 Å². The molecule has 6 nitrogen and oxygen atoms in total. The standard InChI is InChI=1S/C21H38N6.HI/c1-5-7-8-18(6-2)16-24-21(22-3)25-17-19-9-10-23-20(15-19)27-13-11-26(4)12-14-27;/h9-10,15,18H,5-8,11-14,16-17H2,1-4H3,(H2,22,24,25);1H.